The Hall–Kier alpha value is -3.31. The SMILES string of the molecule is CCCCc1ccc(C(=O)NCCSc2nc(-c3ccccc3)c(-c3ccccc3)n2C)cc1. The van der Waals surface area contributed by atoms with Crippen molar-refractivity contribution in [3.63, 3.8) is 0 Å². The average molecular weight is 470 g/mol. The molecular weight excluding hydrogens is 438 g/mol. The topological polar surface area (TPSA) is 46.9 Å². The Balaban J connectivity index is 1.41. The van der Waals surface area contributed by atoms with E-state index in [2.05, 4.69) is 72.4 Å². The highest BCUT2D eigenvalue weighted by molar-refractivity contribution is 7.99. The van der Waals surface area contributed by atoms with Crippen molar-refractivity contribution < 1.29 is 4.79 Å². The number of aromatic nitrogens is 2. The molecule has 1 amide bonds. The van der Waals surface area contributed by atoms with E-state index in [1.807, 2.05) is 36.4 Å². The number of nitrogens with one attached hydrogen (secondary N) is 1. The van der Waals surface area contributed by atoms with Crippen molar-refractivity contribution in [1.82, 2.24) is 14.9 Å². The minimum Gasteiger partial charge on any atom is -0.351 e. The van der Waals surface area contributed by atoms with Crippen LogP contribution in [-0.2, 0) is 13.5 Å². The predicted octanol–water partition coefficient (Wildman–Crippen LogP) is 6.62. The fourth-order valence-corrected chi connectivity index (χ4v) is 4.77. The third-order valence-electron chi connectivity index (χ3n) is 5.80. The molecule has 0 atom stereocenters. The second kappa shape index (κ2) is 11.7. The minimum atomic E-state index is -0.0302. The summed E-state index contributed by atoms with van der Waals surface area (Å²) in [7, 11) is 2.06. The van der Waals surface area contributed by atoms with Gasteiger partial charge in [0.1, 0.15) is 0 Å². The third kappa shape index (κ3) is 5.78. The average Bonchev–Trinajstić information content (AvgIpc) is 3.22. The van der Waals surface area contributed by atoms with Gasteiger partial charge in [0.25, 0.3) is 5.91 Å². The maximum Gasteiger partial charge on any atom is 0.251 e. The Morgan fingerprint density at radius 2 is 1.56 bits per heavy atom. The number of unbranched alkanes of at least 4 members (excludes halogenated alkanes) is 1. The van der Waals surface area contributed by atoms with Gasteiger partial charge < -0.3 is 9.88 Å². The lowest BCUT2D eigenvalue weighted by Gasteiger charge is -2.08. The van der Waals surface area contributed by atoms with E-state index in [-0.39, 0.29) is 5.91 Å². The molecule has 0 fully saturated rings. The van der Waals surface area contributed by atoms with E-state index in [0.717, 1.165) is 39.8 Å². The van der Waals surface area contributed by atoms with Crippen molar-refractivity contribution in [2.75, 3.05) is 12.3 Å². The molecule has 4 aromatic rings. The van der Waals surface area contributed by atoms with Crippen LogP contribution in [0.3, 0.4) is 0 Å². The summed E-state index contributed by atoms with van der Waals surface area (Å²) in [6.07, 6.45) is 3.41. The van der Waals surface area contributed by atoms with E-state index in [0.29, 0.717) is 12.1 Å². The predicted molar refractivity (Wildman–Crippen MR) is 142 cm³/mol. The molecule has 0 aliphatic heterocycles. The molecule has 1 heterocycles. The summed E-state index contributed by atoms with van der Waals surface area (Å²) < 4.78 is 2.15. The molecule has 0 saturated carbocycles. The van der Waals surface area contributed by atoms with Crippen molar-refractivity contribution in [3.05, 3.63) is 96.1 Å². The van der Waals surface area contributed by atoms with Crippen LogP contribution in [0.4, 0.5) is 0 Å². The van der Waals surface area contributed by atoms with Crippen LogP contribution in [0.5, 0.6) is 0 Å². The zero-order valence-electron chi connectivity index (χ0n) is 19.8. The number of hydrogen-bond donors (Lipinski definition) is 1. The van der Waals surface area contributed by atoms with E-state index in [4.69, 9.17) is 4.98 Å². The second-order valence-electron chi connectivity index (χ2n) is 8.29. The molecule has 0 radical (unpaired) electrons. The summed E-state index contributed by atoms with van der Waals surface area (Å²) >= 11 is 1.66. The van der Waals surface area contributed by atoms with Gasteiger partial charge in [-0.15, -0.1) is 0 Å². The monoisotopic (exact) mass is 469 g/mol. The molecule has 0 aliphatic rings. The lowest BCUT2D eigenvalue weighted by Crippen LogP contribution is -2.25. The third-order valence-corrected chi connectivity index (χ3v) is 6.83. The summed E-state index contributed by atoms with van der Waals surface area (Å²) in [5.74, 6) is 0.714. The smallest absolute Gasteiger partial charge is 0.251 e. The van der Waals surface area contributed by atoms with Gasteiger partial charge in [0.2, 0.25) is 0 Å². The Kier molecular flexibility index (Phi) is 8.21. The quantitative estimate of drug-likeness (QED) is 0.210. The lowest BCUT2D eigenvalue weighted by molar-refractivity contribution is 0.0956. The number of amides is 1. The largest absolute Gasteiger partial charge is 0.351 e. The van der Waals surface area contributed by atoms with Crippen molar-refractivity contribution in [2.45, 2.75) is 31.3 Å². The molecule has 0 bridgehead atoms. The molecule has 1 aromatic heterocycles. The summed E-state index contributed by atoms with van der Waals surface area (Å²) in [5, 5.41) is 3.98. The fraction of sp³-hybridized carbons (Fsp3) is 0.241. The first kappa shape index (κ1) is 23.8. The molecule has 34 heavy (non-hydrogen) atoms. The summed E-state index contributed by atoms with van der Waals surface area (Å²) in [6, 6.07) is 28.6. The Bertz CT molecular complexity index is 1200. The van der Waals surface area contributed by atoms with Crippen LogP contribution < -0.4 is 5.32 Å². The van der Waals surface area contributed by atoms with Crippen LogP contribution in [0.2, 0.25) is 0 Å². The molecule has 174 valence electrons. The maximum absolute atomic E-state index is 12.5. The van der Waals surface area contributed by atoms with Gasteiger partial charge >= 0.3 is 0 Å². The number of aryl methyl sites for hydroxylation is 1. The molecule has 0 spiro atoms. The van der Waals surface area contributed by atoms with Gasteiger partial charge in [-0.25, -0.2) is 4.98 Å². The van der Waals surface area contributed by atoms with Crippen molar-refractivity contribution >= 4 is 17.7 Å². The molecule has 5 heteroatoms. The highest BCUT2D eigenvalue weighted by Crippen LogP contribution is 2.34. The standard InChI is InChI=1S/C29H31N3OS/c1-3-4-11-22-16-18-25(19-17-22)28(33)30-20-21-34-29-31-26(23-12-7-5-8-13-23)27(32(29)2)24-14-9-6-10-15-24/h5-10,12-19H,3-4,11,20-21H2,1-2H3,(H,30,33). The van der Waals surface area contributed by atoms with Gasteiger partial charge in [0.05, 0.1) is 11.4 Å². The summed E-state index contributed by atoms with van der Waals surface area (Å²) in [4.78, 5) is 17.5. The first-order chi connectivity index (χ1) is 16.7. The molecule has 4 rings (SSSR count). The van der Waals surface area contributed by atoms with E-state index in [1.165, 1.54) is 18.4 Å². The number of imidazole rings is 1. The first-order valence-corrected chi connectivity index (χ1v) is 12.8. The van der Waals surface area contributed by atoms with Crippen molar-refractivity contribution in [3.8, 4) is 22.5 Å². The Labute approximate surface area is 206 Å². The Morgan fingerprint density at radius 3 is 2.21 bits per heavy atom. The molecule has 0 aliphatic carbocycles. The molecular formula is C29H31N3OS. The van der Waals surface area contributed by atoms with E-state index in [9.17, 15) is 4.79 Å². The summed E-state index contributed by atoms with van der Waals surface area (Å²) in [6.45, 7) is 2.77. The van der Waals surface area contributed by atoms with Crippen molar-refractivity contribution in [1.29, 1.82) is 0 Å². The fourth-order valence-electron chi connectivity index (χ4n) is 3.94. The second-order valence-corrected chi connectivity index (χ2v) is 9.35. The van der Waals surface area contributed by atoms with Crippen molar-refractivity contribution in [2.24, 2.45) is 7.05 Å². The van der Waals surface area contributed by atoms with Gasteiger partial charge in [-0.1, -0.05) is 97.9 Å². The van der Waals surface area contributed by atoms with E-state index < -0.39 is 0 Å². The van der Waals surface area contributed by atoms with E-state index in [1.54, 1.807) is 11.8 Å². The normalized spacial score (nSPS) is 10.9. The molecule has 1 N–H and O–H groups in total. The van der Waals surface area contributed by atoms with Crippen LogP contribution in [0.1, 0.15) is 35.7 Å². The first-order valence-electron chi connectivity index (χ1n) is 11.8. The van der Waals surface area contributed by atoms with Gasteiger partial charge in [0.15, 0.2) is 5.16 Å². The molecule has 3 aromatic carbocycles. The van der Waals surface area contributed by atoms with Crippen LogP contribution in [0.25, 0.3) is 22.5 Å². The van der Waals surface area contributed by atoms with Gasteiger partial charge in [-0.05, 0) is 30.5 Å². The maximum atomic E-state index is 12.5. The number of thioether (sulfide) groups is 1. The zero-order valence-corrected chi connectivity index (χ0v) is 20.6. The number of nitrogens with zero attached hydrogens (tertiary/aromatic N) is 2. The van der Waals surface area contributed by atoms with Gasteiger partial charge in [-0.2, -0.15) is 0 Å². The van der Waals surface area contributed by atoms with Gasteiger partial charge in [0, 0.05) is 36.0 Å². The highest BCUT2D eigenvalue weighted by atomic mass is 32.2. The molecule has 0 saturated heterocycles. The van der Waals surface area contributed by atoms with E-state index >= 15 is 0 Å². The zero-order chi connectivity index (χ0) is 23.8. The number of carbonyl (C=O) groups excluding carboxylic acids is 1. The highest BCUT2D eigenvalue weighted by Gasteiger charge is 2.18. The van der Waals surface area contributed by atoms with Crippen LogP contribution >= 0.6 is 11.8 Å². The number of hydrogen-bond acceptors (Lipinski definition) is 3. The minimum absolute atomic E-state index is 0.0302. The Morgan fingerprint density at radius 1 is 0.912 bits per heavy atom. The van der Waals surface area contributed by atoms with Crippen LogP contribution in [0, 0.1) is 0 Å². The summed E-state index contributed by atoms with van der Waals surface area (Å²) in [5.41, 5.74) is 6.30. The van der Waals surface area contributed by atoms with Crippen LogP contribution in [-0.4, -0.2) is 27.8 Å². The number of rotatable bonds is 10. The lowest BCUT2D eigenvalue weighted by atomic mass is 10.1. The van der Waals surface area contributed by atoms with Gasteiger partial charge in [-0.3, -0.25) is 4.79 Å². The molecule has 4 nitrogen and oxygen atoms in total. The number of carbonyl (C=O) groups is 1. The molecule has 0 unspecified atom stereocenters. The van der Waals surface area contributed by atoms with Crippen LogP contribution in [0.15, 0.2) is 90.1 Å². The number of benzene rings is 3.